The molecule has 0 aliphatic rings. The Kier molecular flexibility index (Phi) is 5.23. The number of methoxy groups -OCH3 is 1. The number of rotatable bonds is 3. The highest BCUT2D eigenvalue weighted by Crippen LogP contribution is 2.26. The first-order chi connectivity index (χ1) is 5.17. The van der Waals surface area contributed by atoms with Crippen LogP contribution in [0.4, 0.5) is 0 Å². The molecule has 0 saturated carbocycles. The topological polar surface area (TPSA) is 46.5 Å². The number of carbonyl (C=O) groups excluding carboxylic acids is 1. The molecule has 0 aromatic carbocycles. The molecule has 0 aromatic rings. The highest BCUT2D eigenvalue weighted by atomic mass is 32.2. The second kappa shape index (κ2) is 5.37. The maximum atomic E-state index is 10.7. The van der Waals surface area contributed by atoms with Gasteiger partial charge in [-0.3, -0.25) is 0 Å². The van der Waals surface area contributed by atoms with Crippen LogP contribution in [0.1, 0.15) is 0 Å². The SMILES string of the molecule is COC(=O)C(O)=C(SC)SC. The van der Waals surface area contributed by atoms with Crippen LogP contribution in [0.15, 0.2) is 10.00 Å². The Bertz CT molecular complexity index is 171. The largest absolute Gasteiger partial charge is 0.501 e. The molecule has 11 heavy (non-hydrogen) atoms. The van der Waals surface area contributed by atoms with Crippen LogP contribution in [0.25, 0.3) is 0 Å². The van der Waals surface area contributed by atoms with E-state index >= 15 is 0 Å². The molecule has 0 unspecified atom stereocenters. The molecule has 0 bridgehead atoms. The van der Waals surface area contributed by atoms with Crippen molar-refractivity contribution in [1.29, 1.82) is 0 Å². The van der Waals surface area contributed by atoms with Crippen molar-refractivity contribution in [2.24, 2.45) is 0 Å². The lowest BCUT2D eigenvalue weighted by atomic mass is 10.6. The summed E-state index contributed by atoms with van der Waals surface area (Å²) in [5.41, 5.74) is 0. The van der Waals surface area contributed by atoms with Crippen molar-refractivity contribution < 1.29 is 14.6 Å². The predicted molar refractivity (Wildman–Crippen MR) is 48.7 cm³/mol. The van der Waals surface area contributed by atoms with E-state index in [0.717, 1.165) is 0 Å². The molecule has 0 aliphatic heterocycles. The minimum Gasteiger partial charge on any atom is -0.501 e. The van der Waals surface area contributed by atoms with Crippen molar-refractivity contribution in [3.8, 4) is 0 Å². The van der Waals surface area contributed by atoms with E-state index in [0.29, 0.717) is 4.24 Å². The summed E-state index contributed by atoms with van der Waals surface area (Å²) in [6.07, 6.45) is 3.57. The number of hydrogen-bond acceptors (Lipinski definition) is 5. The molecule has 0 atom stereocenters. The molecule has 0 heterocycles. The molecule has 0 aliphatic carbocycles. The van der Waals surface area contributed by atoms with E-state index in [1.54, 1.807) is 12.5 Å². The van der Waals surface area contributed by atoms with Crippen LogP contribution < -0.4 is 0 Å². The average molecular weight is 194 g/mol. The van der Waals surface area contributed by atoms with Gasteiger partial charge in [-0.15, -0.1) is 23.5 Å². The van der Waals surface area contributed by atoms with E-state index in [9.17, 15) is 4.79 Å². The first-order valence-electron chi connectivity index (χ1n) is 2.76. The Morgan fingerprint density at radius 3 is 2.09 bits per heavy atom. The van der Waals surface area contributed by atoms with E-state index in [2.05, 4.69) is 4.74 Å². The molecule has 1 N–H and O–H groups in total. The highest BCUT2D eigenvalue weighted by Gasteiger charge is 2.12. The second-order valence-corrected chi connectivity index (χ2v) is 3.43. The molecule has 0 saturated heterocycles. The Hall–Kier alpha value is -0.290. The van der Waals surface area contributed by atoms with E-state index in [-0.39, 0.29) is 5.76 Å². The molecule has 0 aromatic heterocycles. The van der Waals surface area contributed by atoms with E-state index in [1.165, 1.54) is 30.6 Å². The lowest BCUT2D eigenvalue weighted by Gasteiger charge is -2.02. The van der Waals surface area contributed by atoms with Crippen LogP contribution in [-0.2, 0) is 9.53 Å². The number of carbonyl (C=O) groups is 1. The van der Waals surface area contributed by atoms with Crippen molar-refractivity contribution >= 4 is 29.5 Å². The Morgan fingerprint density at radius 2 is 1.82 bits per heavy atom. The van der Waals surface area contributed by atoms with Crippen molar-refractivity contribution in [2.45, 2.75) is 0 Å². The standard InChI is InChI=1S/C6H10O3S2/c1-9-5(8)4(7)6(10-2)11-3/h7H,1-3H3. The third-order valence-corrected chi connectivity index (χ3v) is 3.07. The van der Waals surface area contributed by atoms with Gasteiger partial charge in [0, 0.05) is 0 Å². The molecule has 0 radical (unpaired) electrons. The van der Waals surface area contributed by atoms with Gasteiger partial charge in [0.1, 0.15) is 0 Å². The maximum Gasteiger partial charge on any atom is 0.374 e. The van der Waals surface area contributed by atoms with Crippen molar-refractivity contribution in [3.05, 3.63) is 10.00 Å². The molecule has 0 fully saturated rings. The summed E-state index contributed by atoms with van der Waals surface area (Å²) >= 11 is 2.63. The summed E-state index contributed by atoms with van der Waals surface area (Å²) in [5.74, 6) is -1.00. The normalized spacial score (nSPS) is 9.00. The molecular weight excluding hydrogens is 184 g/mol. The summed E-state index contributed by atoms with van der Waals surface area (Å²) in [5, 5.41) is 9.14. The summed E-state index contributed by atoms with van der Waals surface area (Å²) in [6.45, 7) is 0. The van der Waals surface area contributed by atoms with Gasteiger partial charge in [0.25, 0.3) is 0 Å². The number of hydrogen-bond donors (Lipinski definition) is 1. The highest BCUT2D eigenvalue weighted by molar-refractivity contribution is 8.21. The third kappa shape index (κ3) is 3.07. The monoisotopic (exact) mass is 194 g/mol. The lowest BCUT2D eigenvalue weighted by Crippen LogP contribution is -2.05. The zero-order chi connectivity index (χ0) is 8.85. The van der Waals surface area contributed by atoms with Crippen LogP contribution in [-0.4, -0.2) is 30.7 Å². The van der Waals surface area contributed by atoms with Gasteiger partial charge in [0.2, 0.25) is 5.76 Å². The summed E-state index contributed by atoms with van der Waals surface area (Å²) in [4.78, 5) is 10.7. The maximum absolute atomic E-state index is 10.7. The van der Waals surface area contributed by atoms with Crippen molar-refractivity contribution in [2.75, 3.05) is 19.6 Å². The minimum absolute atomic E-state index is 0.312. The number of thioether (sulfide) groups is 2. The number of aliphatic hydroxyl groups excluding tert-OH is 1. The first-order valence-corrected chi connectivity index (χ1v) is 5.21. The average Bonchev–Trinajstić information content (AvgIpc) is 2.05. The third-order valence-electron chi connectivity index (χ3n) is 0.943. The van der Waals surface area contributed by atoms with Crippen LogP contribution in [0.2, 0.25) is 0 Å². The number of esters is 1. The molecule has 64 valence electrons. The Morgan fingerprint density at radius 1 is 1.36 bits per heavy atom. The van der Waals surface area contributed by atoms with E-state index in [1.807, 2.05) is 0 Å². The molecule has 5 heteroatoms. The smallest absolute Gasteiger partial charge is 0.374 e. The van der Waals surface area contributed by atoms with Gasteiger partial charge in [0.15, 0.2) is 0 Å². The van der Waals surface area contributed by atoms with Gasteiger partial charge in [-0.2, -0.15) is 0 Å². The quantitative estimate of drug-likeness (QED) is 0.420. The summed E-state index contributed by atoms with van der Waals surface area (Å²) < 4.78 is 4.89. The Balaban J connectivity index is 4.46. The molecule has 0 spiro atoms. The van der Waals surface area contributed by atoms with Gasteiger partial charge in [-0.05, 0) is 12.5 Å². The van der Waals surface area contributed by atoms with Gasteiger partial charge in [0.05, 0.1) is 11.3 Å². The van der Waals surface area contributed by atoms with Crippen molar-refractivity contribution in [3.63, 3.8) is 0 Å². The number of aliphatic hydroxyl groups is 1. The number of ether oxygens (including phenoxy) is 1. The zero-order valence-electron chi connectivity index (χ0n) is 6.58. The molecular formula is C6H10O3S2. The second-order valence-electron chi connectivity index (χ2n) is 1.54. The summed E-state index contributed by atoms with van der Waals surface area (Å²) in [7, 11) is 1.23. The zero-order valence-corrected chi connectivity index (χ0v) is 8.21. The van der Waals surface area contributed by atoms with E-state index < -0.39 is 5.97 Å². The fourth-order valence-corrected chi connectivity index (χ4v) is 1.68. The molecule has 3 nitrogen and oxygen atoms in total. The lowest BCUT2D eigenvalue weighted by molar-refractivity contribution is -0.139. The fourth-order valence-electron chi connectivity index (χ4n) is 0.457. The molecule has 0 amide bonds. The van der Waals surface area contributed by atoms with Crippen molar-refractivity contribution in [1.82, 2.24) is 0 Å². The van der Waals surface area contributed by atoms with Gasteiger partial charge in [-0.25, -0.2) is 4.79 Å². The first kappa shape index (κ1) is 10.7. The van der Waals surface area contributed by atoms with E-state index in [4.69, 9.17) is 5.11 Å². The minimum atomic E-state index is -0.691. The summed E-state index contributed by atoms with van der Waals surface area (Å²) in [6, 6.07) is 0. The predicted octanol–water partition coefficient (Wildman–Crippen LogP) is 1.61. The van der Waals surface area contributed by atoms with Gasteiger partial charge < -0.3 is 9.84 Å². The van der Waals surface area contributed by atoms with Crippen LogP contribution in [0.5, 0.6) is 0 Å². The van der Waals surface area contributed by atoms with Crippen LogP contribution in [0.3, 0.4) is 0 Å². The van der Waals surface area contributed by atoms with Crippen LogP contribution in [0, 0.1) is 0 Å². The fraction of sp³-hybridized carbons (Fsp3) is 0.500. The van der Waals surface area contributed by atoms with Gasteiger partial charge in [-0.1, -0.05) is 0 Å². The molecule has 0 rings (SSSR count). The van der Waals surface area contributed by atoms with Crippen LogP contribution >= 0.6 is 23.5 Å². The van der Waals surface area contributed by atoms with Gasteiger partial charge >= 0.3 is 5.97 Å². The Labute approximate surface area is 74.2 Å².